The summed E-state index contributed by atoms with van der Waals surface area (Å²) in [5, 5.41) is 5.67. The molecule has 0 bridgehead atoms. The quantitative estimate of drug-likeness (QED) is 0.892. The number of hydrogen-bond donors (Lipinski definition) is 2. The minimum absolute atomic E-state index is 0.0200. The third-order valence-corrected chi connectivity index (χ3v) is 5.26. The second-order valence-electron chi connectivity index (χ2n) is 6.17. The standard InChI is InChI=1S/C17H22N4O2S/c1-11-20-15(10-24-11)13-8-14(19-9-13)17(23)21-5-3-12(4-6-21)7-16(22)18-2/h8-10,12,19H,3-7H2,1-2H3,(H,18,22). The van der Waals surface area contributed by atoms with Crippen LogP contribution in [0.25, 0.3) is 11.3 Å². The van der Waals surface area contributed by atoms with Crippen LogP contribution >= 0.6 is 11.3 Å². The van der Waals surface area contributed by atoms with Gasteiger partial charge in [0.25, 0.3) is 5.91 Å². The summed E-state index contributed by atoms with van der Waals surface area (Å²) in [7, 11) is 1.66. The Labute approximate surface area is 145 Å². The van der Waals surface area contributed by atoms with Crippen LogP contribution in [0.3, 0.4) is 0 Å². The van der Waals surface area contributed by atoms with Gasteiger partial charge in [-0.25, -0.2) is 4.98 Å². The van der Waals surface area contributed by atoms with Crippen molar-refractivity contribution in [2.45, 2.75) is 26.2 Å². The number of aromatic amines is 1. The van der Waals surface area contributed by atoms with E-state index >= 15 is 0 Å². The summed E-state index contributed by atoms with van der Waals surface area (Å²) in [5.74, 6) is 0.463. The number of hydrogen-bond acceptors (Lipinski definition) is 4. The molecule has 0 atom stereocenters. The van der Waals surface area contributed by atoms with Crippen molar-refractivity contribution < 1.29 is 9.59 Å². The molecule has 1 fully saturated rings. The molecule has 1 aliphatic rings. The minimum atomic E-state index is 0.0200. The smallest absolute Gasteiger partial charge is 0.270 e. The fraction of sp³-hybridized carbons (Fsp3) is 0.471. The minimum Gasteiger partial charge on any atom is -0.359 e. The van der Waals surface area contributed by atoms with Crippen LogP contribution in [0.4, 0.5) is 0 Å². The highest BCUT2D eigenvalue weighted by molar-refractivity contribution is 7.09. The Hall–Kier alpha value is -2.15. The van der Waals surface area contributed by atoms with E-state index in [2.05, 4.69) is 15.3 Å². The number of nitrogens with one attached hydrogen (secondary N) is 2. The van der Waals surface area contributed by atoms with E-state index in [9.17, 15) is 9.59 Å². The van der Waals surface area contributed by atoms with E-state index in [1.54, 1.807) is 18.4 Å². The number of H-pyrrole nitrogens is 1. The molecule has 0 radical (unpaired) electrons. The first-order valence-electron chi connectivity index (χ1n) is 8.17. The van der Waals surface area contributed by atoms with E-state index in [0.717, 1.165) is 29.1 Å². The first-order valence-corrected chi connectivity index (χ1v) is 9.05. The van der Waals surface area contributed by atoms with Crippen molar-refractivity contribution in [1.82, 2.24) is 20.2 Å². The highest BCUT2D eigenvalue weighted by atomic mass is 32.1. The zero-order valence-electron chi connectivity index (χ0n) is 14.0. The maximum absolute atomic E-state index is 12.6. The molecule has 7 heteroatoms. The molecule has 3 heterocycles. The number of amides is 2. The topological polar surface area (TPSA) is 78.1 Å². The van der Waals surface area contributed by atoms with Crippen LogP contribution in [0.1, 0.15) is 34.8 Å². The van der Waals surface area contributed by atoms with Crippen molar-refractivity contribution in [3.63, 3.8) is 0 Å². The van der Waals surface area contributed by atoms with Gasteiger partial charge >= 0.3 is 0 Å². The number of nitrogens with zero attached hydrogens (tertiary/aromatic N) is 2. The number of carbonyl (C=O) groups is 2. The monoisotopic (exact) mass is 346 g/mol. The molecule has 2 aromatic heterocycles. The second kappa shape index (κ2) is 7.17. The second-order valence-corrected chi connectivity index (χ2v) is 7.23. The molecule has 1 aliphatic heterocycles. The predicted octanol–water partition coefficient (Wildman–Crippen LogP) is 2.43. The van der Waals surface area contributed by atoms with E-state index in [4.69, 9.17) is 0 Å². The van der Waals surface area contributed by atoms with E-state index in [0.29, 0.717) is 31.1 Å². The zero-order chi connectivity index (χ0) is 17.1. The third-order valence-electron chi connectivity index (χ3n) is 4.48. The summed E-state index contributed by atoms with van der Waals surface area (Å²) in [4.78, 5) is 33.5. The van der Waals surface area contributed by atoms with Crippen LogP contribution in [0.5, 0.6) is 0 Å². The Morgan fingerprint density at radius 3 is 2.79 bits per heavy atom. The van der Waals surface area contributed by atoms with E-state index in [1.165, 1.54) is 0 Å². The predicted molar refractivity (Wildman–Crippen MR) is 93.9 cm³/mol. The molecule has 0 spiro atoms. The van der Waals surface area contributed by atoms with Gasteiger partial charge < -0.3 is 15.2 Å². The number of thiazole rings is 1. The zero-order valence-corrected chi connectivity index (χ0v) is 14.8. The van der Waals surface area contributed by atoms with Crippen molar-refractivity contribution >= 4 is 23.2 Å². The van der Waals surface area contributed by atoms with Crippen molar-refractivity contribution in [3.8, 4) is 11.3 Å². The SMILES string of the molecule is CNC(=O)CC1CCN(C(=O)c2cc(-c3csc(C)n3)c[nH]2)CC1. The Kier molecular flexibility index (Phi) is 4.99. The summed E-state index contributed by atoms with van der Waals surface area (Å²) >= 11 is 1.60. The van der Waals surface area contributed by atoms with Gasteiger partial charge in [-0.15, -0.1) is 11.3 Å². The van der Waals surface area contributed by atoms with Gasteiger partial charge in [-0.2, -0.15) is 0 Å². The molecule has 2 N–H and O–H groups in total. The number of aryl methyl sites for hydroxylation is 1. The molecule has 0 unspecified atom stereocenters. The lowest BCUT2D eigenvalue weighted by Gasteiger charge is -2.31. The van der Waals surface area contributed by atoms with Crippen LogP contribution in [0.2, 0.25) is 0 Å². The molecule has 24 heavy (non-hydrogen) atoms. The Balaban J connectivity index is 1.60. The lowest BCUT2D eigenvalue weighted by molar-refractivity contribution is -0.121. The van der Waals surface area contributed by atoms with Gasteiger partial charge in [0.2, 0.25) is 5.91 Å². The van der Waals surface area contributed by atoms with Crippen molar-refractivity contribution in [2.24, 2.45) is 5.92 Å². The van der Waals surface area contributed by atoms with Crippen LogP contribution in [-0.4, -0.2) is 46.8 Å². The normalized spacial score (nSPS) is 15.5. The van der Waals surface area contributed by atoms with E-state index in [-0.39, 0.29) is 11.8 Å². The summed E-state index contributed by atoms with van der Waals surface area (Å²) in [6.45, 7) is 3.37. The molecule has 2 aromatic rings. The average Bonchev–Trinajstić information content (AvgIpc) is 3.23. The van der Waals surface area contributed by atoms with Crippen LogP contribution in [-0.2, 0) is 4.79 Å². The van der Waals surface area contributed by atoms with Crippen LogP contribution in [0.15, 0.2) is 17.6 Å². The Bertz CT molecular complexity index is 729. The molecular weight excluding hydrogens is 324 g/mol. The molecule has 0 aliphatic carbocycles. The Morgan fingerprint density at radius 1 is 1.42 bits per heavy atom. The van der Waals surface area contributed by atoms with Crippen molar-refractivity contribution in [3.05, 3.63) is 28.3 Å². The van der Waals surface area contributed by atoms with Crippen LogP contribution < -0.4 is 5.32 Å². The summed E-state index contributed by atoms with van der Waals surface area (Å²) < 4.78 is 0. The molecule has 2 amide bonds. The maximum Gasteiger partial charge on any atom is 0.270 e. The fourth-order valence-corrected chi connectivity index (χ4v) is 3.66. The molecule has 6 nitrogen and oxygen atoms in total. The molecule has 3 rings (SSSR count). The van der Waals surface area contributed by atoms with Gasteiger partial charge in [0, 0.05) is 43.7 Å². The lowest BCUT2D eigenvalue weighted by Crippen LogP contribution is -2.39. The largest absolute Gasteiger partial charge is 0.359 e. The molecule has 1 saturated heterocycles. The highest BCUT2D eigenvalue weighted by Crippen LogP contribution is 2.25. The van der Waals surface area contributed by atoms with Gasteiger partial charge in [0.15, 0.2) is 0 Å². The fourth-order valence-electron chi connectivity index (χ4n) is 3.04. The number of rotatable bonds is 4. The van der Waals surface area contributed by atoms with Gasteiger partial charge in [-0.05, 0) is 31.7 Å². The maximum atomic E-state index is 12.6. The highest BCUT2D eigenvalue weighted by Gasteiger charge is 2.25. The number of piperidine rings is 1. The lowest BCUT2D eigenvalue weighted by atomic mass is 9.93. The molecule has 0 saturated carbocycles. The van der Waals surface area contributed by atoms with Gasteiger partial charge in [-0.1, -0.05) is 0 Å². The molecular formula is C17H22N4O2S. The summed E-state index contributed by atoms with van der Waals surface area (Å²) in [6.07, 6.45) is 4.13. The average molecular weight is 346 g/mol. The molecule has 0 aromatic carbocycles. The third kappa shape index (κ3) is 3.67. The van der Waals surface area contributed by atoms with Crippen molar-refractivity contribution in [1.29, 1.82) is 0 Å². The van der Waals surface area contributed by atoms with Crippen LogP contribution in [0, 0.1) is 12.8 Å². The van der Waals surface area contributed by atoms with Gasteiger partial charge in [0.1, 0.15) is 5.69 Å². The summed E-state index contributed by atoms with van der Waals surface area (Å²) in [6, 6.07) is 1.87. The van der Waals surface area contributed by atoms with Gasteiger partial charge in [-0.3, -0.25) is 9.59 Å². The van der Waals surface area contributed by atoms with Gasteiger partial charge in [0.05, 0.1) is 10.7 Å². The van der Waals surface area contributed by atoms with E-state index in [1.807, 2.05) is 29.5 Å². The first-order chi connectivity index (χ1) is 11.6. The number of carbonyl (C=O) groups excluding carboxylic acids is 2. The molecule has 128 valence electrons. The summed E-state index contributed by atoms with van der Waals surface area (Å²) in [5.41, 5.74) is 2.44. The first kappa shape index (κ1) is 16.7. The number of aromatic nitrogens is 2. The number of likely N-dealkylation sites (tertiary alicyclic amines) is 1. The van der Waals surface area contributed by atoms with E-state index < -0.39 is 0 Å². The Morgan fingerprint density at radius 2 is 2.17 bits per heavy atom. The van der Waals surface area contributed by atoms with Crippen molar-refractivity contribution in [2.75, 3.05) is 20.1 Å².